The van der Waals surface area contributed by atoms with Gasteiger partial charge in [-0.05, 0) is 18.1 Å². The van der Waals surface area contributed by atoms with E-state index in [1.54, 1.807) is 12.1 Å². The number of anilines is 1. The Balaban J connectivity index is 3.37. The number of nitrogens with zero attached hydrogens (tertiary/aromatic N) is 1. The molecule has 1 aromatic heterocycles. The highest BCUT2D eigenvalue weighted by Crippen LogP contribution is 2.19. The highest BCUT2D eigenvalue weighted by atomic mass is 32.2. The summed E-state index contributed by atoms with van der Waals surface area (Å²) in [4.78, 5) is 4.03. The normalized spacial score (nSPS) is 12.0. The summed E-state index contributed by atoms with van der Waals surface area (Å²) in [5, 5.41) is -0.0244. The van der Waals surface area contributed by atoms with Crippen LogP contribution >= 0.6 is 0 Å². The Labute approximate surface area is 84.1 Å². The van der Waals surface area contributed by atoms with Crippen LogP contribution in [0.1, 0.15) is 25.5 Å². The summed E-state index contributed by atoms with van der Waals surface area (Å²) < 4.78 is 22.6. The van der Waals surface area contributed by atoms with Crippen LogP contribution in [0.15, 0.2) is 17.2 Å². The average Bonchev–Trinajstić information content (AvgIpc) is 2.02. The van der Waals surface area contributed by atoms with Crippen LogP contribution in [0, 0.1) is 0 Å². The van der Waals surface area contributed by atoms with Crippen LogP contribution in [-0.4, -0.2) is 19.7 Å². The lowest BCUT2D eigenvalue weighted by atomic mass is 10.1. The first-order valence-corrected chi connectivity index (χ1v) is 6.18. The maximum absolute atomic E-state index is 11.3. The number of hydrogen-bond donors (Lipinski definition) is 1. The number of rotatable bonds is 2. The van der Waals surface area contributed by atoms with Crippen LogP contribution in [0.25, 0.3) is 0 Å². The molecule has 5 heteroatoms. The lowest BCUT2D eigenvalue weighted by Crippen LogP contribution is -2.07. The average molecular weight is 214 g/mol. The van der Waals surface area contributed by atoms with Crippen molar-refractivity contribution in [1.29, 1.82) is 0 Å². The molecule has 2 N–H and O–H groups in total. The third kappa shape index (κ3) is 2.23. The second kappa shape index (κ2) is 3.57. The monoisotopic (exact) mass is 214 g/mol. The van der Waals surface area contributed by atoms with Gasteiger partial charge < -0.3 is 5.73 Å². The van der Waals surface area contributed by atoms with Crippen molar-refractivity contribution in [2.75, 3.05) is 12.0 Å². The van der Waals surface area contributed by atoms with Gasteiger partial charge in [0.1, 0.15) is 0 Å². The lowest BCUT2D eigenvalue weighted by molar-refractivity contribution is 0.597. The van der Waals surface area contributed by atoms with E-state index in [1.165, 1.54) is 0 Å². The Kier molecular flexibility index (Phi) is 2.80. The Morgan fingerprint density at radius 1 is 1.36 bits per heavy atom. The zero-order valence-corrected chi connectivity index (χ0v) is 9.30. The molecule has 78 valence electrons. The van der Waals surface area contributed by atoms with E-state index >= 15 is 0 Å². The fourth-order valence-electron chi connectivity index (χ4n) is 1.08. The van der Waals surface area contributed by atoms with Gasteiger partial charge >= 0.3 is 0 Å². The summed E-state index contributed by atoms with van der Waals surface area (Å²) in [6.45, 7) is 3.90. The largest absolute Gasteiger partial charge is 0.396 e. The fraction of sp³-hybridized carbons (Fsp3) is 0.444. The number of aromatic nitrogens is 1. The lowest BCUT2D eigenvalue weighted by Gasteiger charge is -2.08. The van der Waals surface area contributed by atoms with Gasteiger partial charge in [0.25, 0.3) is 0 Å². The van der Waals surface area contributed by atoms with E-state index in [1.807, 2.05) is 13.8 Å². The van der Waals surface area contributed by atoms with Crippen LogP contribution in [0.2, 0.25) is 0 Å². The number of nitrogens with two attached hydrogens (primary N) is 1. The molecule has 0 aliphatic carbocycles. The van der Waals surface area contributed by atoms with Crippen molar-refractivity contribution in [3.63, 3.8) is 0 Å². The Hall–Kier alpha value is -1.10. The Morgan fingerprint density at radius 3 is 2.36 bits per heavy atom. The molecule has 4 nitrogen and oxygen atoms in total. The first-order chi connectivity index (χ1) is 6.32. The third-order valence-corrected chi connectivity index (χ3v) is 2.88. The van der Waals surface area contributed by atoms with Crippen LogP contribution in [-0.2, 0) is 9.84 Å². The van der Waals surface area contributed by atoms with Gasteiger partial charge in [0.2, 0.25) is 0 Å². The van der Waals surface area contributed by atoms with E-state index < -0.39 is 9.84 Å². The molecule has 14 heavy (non-hydrogen) atoms. The van der Waals surface area contributed by atoms with E-state index in [0.717, 1.165) is 11.9 Å². The molecule has 0 saturated heterocycles. The van der Waals surface area contributed by atoms with Crippen LogP contribution in [0.3, 0.4) is 0 Å². The molecule has 0 fully saturated rings. The summed E-state index contributed by atoms with van der Waals surface area (Å²) in [6, 6.07) is 3.33. The summed E-state index contributed by atoms with van der Waals surface area (Å²) >= 11 is 0. The molecule has 0 radical (unpaired) electrons. The van der Waals surface area contributed by atoms with Crippen molar-refractivity contribution < 1.29 is 8.42 Å². The minimum Gasteiger partial charge on any atom is -0.396 e. The van der Waals surface area contributed by atoms with Crippen molar-refractivity contribution in [2.24, 2.45) is 0 Å². The molecule has 1 heterocycles. The molecule has 0 aliphatic rings. The third-order valence-electron chi connectivity index (χ3n) is 1.85. The fourth-order valence-corrected chi connectivity index (χ4v) is 1.85. The topological polar surface area (TPSA) is 73.1 Å². The van der Waals surface area contributed by atoms with E-state index in [0.29, 0.717) is 0 Å². The van der Waals surface area contributed by atoms with Crippen molar-refractivity contribution in [1.82, 2.24) is 4.98 Å². The number of sulfone groups is 1. The molecule has 0 saturated carbocycles. The summed E-state index contributed by atoms with van der Waals surface area (Å²) in [5.41, 5.74) is 6.48. The zero-order valence-electron chi connectivity index (χ0n) is 8.48. The molecule has 0 bridgehead atoms. The quantitative estimate of drug-likeness (QED) is 0.802. The summed E-state index contributed by atoms with van der Waals surface area (Å²) in [7, 11) is -3.33. The Morgan fingerprint density at radius 2 is 1.93 bits per heavy atom. The maximum Gasteiger partial charge on any atom is 0.194 e. The van der Waals surface area contributed by atoms with Gasteiger partial charge in [0.15, 0.2) is 14.9 Å². The van der Waals surface area contributed by atoms with E-state index in [2.05, 4.69) is 4.98 Å². The maximum atomic E-state index is 11.3. The van der Waals surface area contributed by atoms with E-state index in [4.69, 9.17) is 5.73 Å². The smallest absolute Gasteiger partial charge is 0.194 e. The van der Waals surface area contributed by atoms with Gasteiger partial charge in [-0.15, -0.1) is 0 Å². The summed E-state index contributed by atoms with van der Waals surface area (Å²) in [5.74, 6) is 0.191. The molecular weight excluding hydrogens is 200 g/mol. The van der Waals surface area contributed by atoms with Gasteiger partial charge in [-0.1, -0.05) is 13.8 Å². The Bertz CT molecular complexity index is 438. The van der Waals surface area contributed by atoms with Crippen molar-refractivity contribution >= 4 is 15.5 Å². The first-order valence-electron chi connectivity index (χ1n) is 4.29. The van der Waals surface area contributed by atoms with Crippen LogP contribution in [0.4, 0.5) is 5.69 Å². The van der Waals surface area contributed by atoms with Gasteiger partial charge in [0, 0.05) is 11.9 Å². The van der Waals surface area contributed by atoms with Crippen molar-refractivity contribution in [3.05, 3.63) is 17.8 Å². The molecule has 0 aromatic carbocycles. The highest BCUT2D eigenvalue weighted by Gasteiger charge is 2.14. The van der Waals surface area contributed by atoms with Gasteiger partial charge in [-0.25, -0.2) is 13.4 Å². The van der Waals surface area contributed by atoms with Gasteiger partial charge in [-0.2, -0.15) is 0 Å². The molecule has 0 atom stereocenters. The predicted octanol–water partition coefficient (Wildman–Crippen LogP) is 1.19. The minimum atomic E-state index is -3.33. The molecule has 0 unspecified atom stereocenters. The van der Waals surface area contributed by atoms with Crippen molar-refractivity contribution in [3.8, 4) is 0 Å². The number of hydrogen-bond acceptors (Lipinski definition) is 4. The molecular formula is C9H14N2O2S. The molecule has 1 rings (SSSR count). The standard InChI is InChI=1S/C9H14N2O2S/c1-6(2)8-5-4-7(10)9(11-8)14(3,12)13/h4-6H,10H2,1-3H3. The van der Waals surface area contributed by atoms with Crippen molar-refractivity contribution in [2.45, 2.75) is 24.8 Å². The second-order valence-corrected chi connectivity index (χ2v) is 5.49. The first kappa shape index (κ1) is 11.0. The predicted molar refractivity (Wildman–Crippen MR) is 55.8 cm³/mol. The number of pyridine rings is 1. The molecule has 0 aliphatic heterocycles. The molecule has 0 spiro atoms. The SMILES string of the molecule is CC(C)c1ccc(N)c(S(C)(=O)=O)n1. The second-order valence-electron chi connectivity index (χ2n) is 3.56. The minimum absolute atomic E-state index is 0.0244. The van der Waals surface area contributed by atoms with Crippen LogP contribution in [0.5, 0.6) is 0 Å². The highest BCUT2D eigenvalue weighted by molar-refractivity contribution is 7.90. The van der Waals surface area contributed by atoms with E-state index in [-0.39, 0.29) is 16.6 Å². The zero-order chi connectivity index (χ0) is 10.9. The van der Waals surface area contributed by atoms with E-state index in [9.17, 15) is 8.42 Å². The molecule has 0 amide bonds. The van der Waals surface area contributed by atoms with Crippen LogP contribution < -0.4 is 5.73 Å². The molecule has 1 aromatic rings. The van der Waals surface area contributed by atoms with Gasteiger partial charge in [-0.3, -0.25) is 0 Å². The van der Waals surface area contributed by atoms with Gasteiger partial charge in [0.05, 0.1) is 5.69 Å². The summed E-state index contributed by atoms with van der Waals surface area (Å²) in [6.07, 6.45) is 1.11. The number of nitrogen functional groups attached to an aromatic ring is 1.